The molecule has 2 aromatic rings. The van der Waals surface area contributed by atoms with E-state index >= 15 is 0 Å². The fourth-order valence-electron chi connectivity index (χ4n) is 1.83. The highest BCUT2D eigenvalue weighted by atomic mass is 16.1. The van der Waals surface area contributed by atoms with Crippen LogP contribution in [0, 0.1) is 0 Å². The van der Waals surface area contributed by atoms with Crippen molar-refractivity contribution in [2.75, 3.05) is 5.32 Å². The molecular weight excluding hydrogens is 212 g/mol. The maximum absolute atomic E-state index is 11.8. The number of hydrogen-bond acceptors (Lipinski definition) is 2. The summed E-state index contributed by atoms with van der Waals surface area (Å²) in [5.41, 5.74) is 1.78. The standard InChI is InChI=1S/C14H16N2O/c1-4-10(2)15-12-9-14(17)16(3)13-8-6-5-7-11(12)13/h4-10,15H,1H2,2-3H3. The van der Waals surface area contributed by atoms with Gasteiger partial charge in [-0.15, -0.1) is 6.58 Å². The van der Waals surface area contributed by atoms with Gasteiger partial charge in [0.2, 0.25) is 0 Å². The van der Waals surface area contributed by atoms with E-state index in [1.165, 1.54) is 0 Å². The Kier molecular flexibility index (Phi) is 3.00. The first-order valence-electron chi connectivity index (χ1n) is 5.61. The van der Waals surface area contributed by atoms with Gasteiger partial charge in [0.1, 0.15) is 0 Å². The van der Waals surface area contributed by atoms with Crippen LogP contribution in [-0.2, 0) is 7.05 Å². The van der Waals surface area contributed by atoms with Crippen LogP contribution in [0.2, 0.25) is 0 Å². The molecule has 0 spiro atoms. The predicted molar refractivity (Wildman–Crippen MR) is 72.5 cm³/mol. The number of anilines is 1. The molecule has 1 atom stereocenters. The summed E-state index contributed by atoms with van der Waals surface area (Å²) >= 11 is 0. The molecule has 1 aromatic carbocycles. The molecule has 1 N–H and O–H groups in total. The molecule has 0 saturated carbocycles. The minimum Gasteiger partial charge on any atom is -0.378 e. The van der Waals surface area contributed by atoms with Crippen LogP contribution in [0.4, 0.5) is 5.69 Å². The average Bonchev–Trinajstić information content (AvgIpc) is 2.35. The highest BCUT2D eigenvalue weighted by Gasteiger charge is 2.06. The number of aromatic nitrogens is 1. The lowest BCUT2D eigenvalue weighted by Crippen LogP contribution is -2.19. The Morgan fingerprint density at radius 1 is 1.41 bits per heavy atom. The molecule has 0 aliphatic carbocycles. The summed E-state index contributed by atoms with van der Waals surface area (Å²) in [6, 6.07) is 9.61. The minimum absolute atomic E-state index is 0.0116. The third-order valence-electron chi connectivity index (χ3n) is 2.89. The van der Waals surface area contributed by atoms with Gasteiger partial charge in [-0.3, -0.25) is 4.79 Å². The normalized spacial score (nSPS) is 12.4. The van der Waals surface area contributed by atoms with Crippen LogP contribution in [0.3, 0.4) is 0 Å². The maximum Gasteiger partial charge on any atom is 0.252 e. The van der Waals surface area contributed by atoms with Crippen molar-refractivity contribution in [3.05, 3.63) is 53.3 Å². The highest BCUT2D eigenvalue weighted by Crippen LogP contribution is 2.21. The van der Waals surface area contributed by atoms with Crippen LogP contribution in [0.25, 0.3) is 10.9 Å². The lowest BCUT2D eigenvalue weighted by Gasteiger charge is -2.14. The van der Waals surface area contributed by atoms with E-state index < -0.39 is 0 Å². The Hall–Kier alpha value is -2.03. The van der Waals surface area contributed by atoms with E-state index in [-0.39, 0.29) is 11.6 Å². The van der Waals surface area contributed by atoms with Crippen LogP contribution in [0.1, 0.15) is 6.92 Å². The largest absolute Gasteiger partial charge is 0.378 e. The number of nitrogens with zero attached hydrogens (tertiary/aromatic N) is 1. The monoisotopic (exact) mass is 228 g/mol. The van der Waals surface area contributed by atoms with Crippen molar-refractivity contribution < 1.29 is 0 Å². The molecular formula is C14H16N2O. The Bertz CT molecular complexity index is 613. The molecule has 1 unspecified atom stereocenters. The first-order chi connectivity index (χ1) is 8.13. The second kappa shape index (κ2) is 4.45. The first kappa shape index (κ1) is 11.5. The second-order valence-electron chi connectivity index (χ2n) is 4.14. The van der Waals surface area contributed by atoms with E-state index in [9.17, 15) is 4.79 Å². The molecule has 1 heterocycles. The number of nitrogens with one attached hydrogen (secondary N) is 1. The summed E-state index contributed by atoms with van der Waals surface area (Å²) in [7, 11) is 1.78. The maximum atomic E-state index is 11.8. The molecule has 1 aromatic heterocycles. The van der Waals surface area contributed by atoms with Crippen LogP contribution < -0.4 is 10.9 Å². The number of para-hydroxylation sites is 1. The zero-order valence-corrected chi connectivity index (χ0v) is 10.1. The van der Waals surface area contributed by atoms with Gasteiger partial charge in [0.25, 0.3) is 5.56 Å². The predicted octanol–water partition coefficient (Wildman–Crippen LogP) is 2.52. The van der Waals surface area contributed by atoms with Crippen molar-refractivity contribution in [3.8, 4) is 0 Å². The Morgan fingerprint density at radius 2 is 2.12 bits per heavy atom. The van der Waals surface area contributed by atoms with Gasteiger partial charge < -0.3 is 9.88 Å². The third kappa shape index (κ3) is 2.09. The molecule has 0 radical (unpaired) electrons. The van der Waals surface area contributed by atoms with E-state index in [4.69, 9.17) is 0 Å². The van der Waals surface area contributed by atoms with Crippen molar-refractivity contribution in [2.45, 2.75) is 13.0 Å². The van der Waals surface area contributed by atoms with Crippen molar-refractivity contribution in [1.29, 1.82) is 0 Å². The summed E-state index contributed by atoms with van der Waals surface area (Å²) in [5, 5.41) is 4.32. The summed E-state index contributed by atoms with van der Waals surface area (Å²) in [6.07, 6.45) is 1.81. The van der Waals surface area contributed by atoms with Crippen molar-refractivity contribution in [1.82, 2.24) is 4.57 Å². The number of pyridine rings is 1. The number of benzene rings is 1. The molecule has 88 valence electrons. The van der Waals surface area contributed by atoms with Gasteiger partial charge in [0, 0.05) is 30.2 Å². The van der Waals surface area contributed by atoms with E-state index in [1.807, 2.05) is 37.3 Å². The van der Waals surface area contributed by atoms with Gasteiger partial charge in [-0.1, -0.05) is 24.3 Å². The van der Waals surface area contributed by atoms with Crippen LogP contribution in [-0.4, -0.2) is 10.6 Å². The minimum atomic E-state index is -0.0116. The zero-order chi connectivity index (χ0) is 12.4. The SMILES string of the molecule is C=CC(C)Nc1cc(=O)n(C)c2ccccc12. The zero-order valence-electron chi connectivity index (χ0n) is 10.1. The van der Waals surface area contributed by atoms with Gasteiger partial charge in [-0.2, -0.15) is 0 Å². The first-order valence-corrected chi connectivity index (χ1v) is 5.61. The van der Waals surface area contributed by atoms with Crippen molar-refractivity contribution in [3.63, 3.8) is 0 Å². The van der Waals surface area contributed by atoms with Crippen molar-refractivity contribution in [2.24, 2.45) is 7.05 Å². The summed E-state index contributed by atoms with van der Waals surface area (Å²) in [4.78, 5) is 11.8. The van der Waals surface area contributed by atoms with Gasteiger partial charge in [-0.05, 0) is 13.0 Å². The fourth-order valence-corrected chi connectivity index (χ4v) is 1.83. The Balaban J connectivity index is 2.67. The van der Waals surface area contributed by atoms with Gasteiger partial charge in [0.15, 0.2) is 0 Å². The summed E-state index contributed by atoms with van der Waals surface area (Å²) in [5.74, 6) is 0. The van der Waals surface area contributed by atoms with Crippen LogP contribution in [0.5, 0.6) is 0 Å². The molecule has 3 heteroatoms. The fraction of sp³-hybridized carbons (Fsp3) is 0.214. The van der Waals surface area contributed by atoms with Crippen LogP contribution in [0.15, 0.2) is 47.8 Å². The topological polar surface area (TPSA) is 34.0 Å². The quantitative estimate of drug-likeness (QED) is 0.819. The third-order valence-corrected chi connectivity index (χ3v) is 2.89. The average molecular weight is 228 g/mol. The molecule has 17 heavy (non-hydrogen) atoms. The highest BCUT2D eigenvalue weighted by molar-refractivity contribution is 5.91. The number of aryl methyl sites for hydroxylation is 1. The molecule has 0 fully saturated rings. The van der Waals surface area contributed by atoms with Gasteiger partial charge >= 0.3 is 0 Å². The molecule has 0 aliphatic heterocycles. The Morgan fingerprint density at radius 3 is 2.82 bits per heavy atom. The van der Waals surface area contributed by atoms with E-state index in [2.05, 4.69) is 11.9 Å². The lowest BCUT2D eigenvalue weighted by molar-refractivity contribution is 0.903. The Labute approximate surface area is 100 Å². The molecule has 0 saturated heterocycles. The van der Waals surface area contributed by atoms with E-state index in [0.717, 1.165) is 16.6 Å². The van der Waals surface area contributed by atoms with Gasteiger partial charge in [0.05, 0.1) is 5.52 Å². The van der Waals surface area contributed by atoms with Crippen molar-refractivity contribution >= 4 is 16.6 Å². The molecule has 3 nitrogen and oxygen atoms in total. The number of fused-ring (bicyclic) bond motifs is 1. The lowest BCUT2D eigenvalue weighted by atomic mass is 10.1. The number of rotatable bonds is 3. The molecule has 0 bridgehead atoms. The molecule has 0 aliphatic rings. The summed E-state index contributed by atoms with van der Waals surface area (Å²) in [6.45, 7) is 5.73. The van der Waals surface area contributed by atoms with E-state index in [1.54, 1.807) is 17.7 Å². The smallest absolute Gasteiger partial charge is 0.252 e. The van der Waals surface area contributed by atoms with Gasteiger partial charge in [-0.25, -0.2) is 0 Å². The summed E-state index contributed by atoms with van der Waals surface area (Å²) < 4.78 is 1.65. The van der Waals surface area contributed by atoms with E-state index in [0.29, 0.717) is 0 Å². The number of hydrogen-bond donors (Lipinski definition) is 1. The second-order valence-corrected chi connectivity index (χ2v) is 4.14. The molecule has 2 rings (SSSR count). The molecule has 0 amide bonds. The van der Waals surface area contributed by atoms with Crippen LogP contribution >= 0.6 is 0 Å².